The fraction of sp³-hybridized carbons (Fsp3) is 0.231. The molecule has 1 amide bonds. The van der Waals surface area contributed by atoms with Crippen molar-refractivity contribution in [3.05, 3.63) is 76.7 Å². The zero-order chi connectivity index (χ0) is 23.6. The summed E-state index contributed by atoms with van der Waals surface area (Å²) in [6.45, 7) is 0. The van der Waals surface area contributed by atoms with Crippen LogP contribution in [0.15, 0.2) is 71.0 Å². The molecule has 6 nitrogen and oxygen atoms in total. The number of thioether (sulfide) groups is 2. The van der Waals surface area contributed by atoms with Gasteiger partial charge in [-0.05, 0) is 48.9 Å². The number of thiophene rings is 1. The number of nitrogens with zero attached hydrogens (tertiary/aromatic N) is 4. The molecule has 0 saturated carbocycles. The van der Waals surface area contributed by atoms with Crippen LogP contribution in [0.2, 0.25) is 0 Å². The topological polar surface area (TPSA) is 72.2 Å². The second-order valence-corrected chi connectivity index (χ2v) is 11.4. The van der Waals surface area contributed by atoms with Gasteiger partial charge in [0, 0.05) is 16.3 Å². The number of carbonyl (C=O) groups excluding carboxylic acids is 1. The lowest BCUT2D eigenvalue weighted by molar-refractivity contribution is -0.113. The van der Waals surface area contributed by atoms with E-state index < -0.39 is 0 Å². The number of aromatic nitrogens is 4. The molecule has 3 heterocycles. The van der Waals surface area contributed by atoms with E-state index in [2.05, 4.69) is 44.2 Å². The van der Waals surface area contributed by atoms with Gasteiger partial charge in [-0.15, -0.1) is 21.5 Å². The quantitative estimate of drug-likeness (QED) is 0.203. The highest BCUT2D eigenvalue weighted by molar-refractivity contribution is 8.00. The van der Waals surface area contributed by atoms with Gasteiger partial charge in [0.2, 0.25) is 5.91 Å². The van der Waals surface area contributed by atoms with Crippen molar-refractivity contribution in [2.75, 3.05) is 11.1 Å². The van der Waals surface area contributed by atoms with Crippen LogP contribution in [0.25, 0.3) is 15.9 Å². The number of anilines is 1. The van der Waals surface area contributed by atoms with Gasteiger partial charge in [-0.1, -0.05) is 72.1 Å². The van der Waals surface area contributed by atoms with E-state index in [4.69, 9.17) is 4.98 Å². The smallest absolute Gasteiger partial charge is 0.234 e. The van der Waals surface area contributed by atoms with E-state index in [-0.39, 0.29) is 11.7 Å². The molecule has 35 heavy (non-hydrogen) atoms. The van der Waals surface area contributed by atoms with Gasteiger partial charge in [0.1, 0.15) is 4.83 Å². The van der Waals surface area contributed by atoms with E-state index in [1.54, 1.807) is 23.1 Å². The molecule has 2 aromatic carbocycles. The molecule has 1 aliphatic rings. The average Bonchev–Trinajstić information content (AvgIpc) is 3.48. The minimum absolute atomic E-state index is 0.0709. The number of para-hydroxylation sites is 1. The molecular weight excluding hydrogens is 495 g/mol. The molecule has 0 spiro atoms. The number of nitrogens with one attached hydrogen (secondary N) is 1. The third kappa shape index (κ3) is 4.68. The van der Waals surface area contributed by atoms with E-state index in [1.807, 2.05) is 36.4 Å². The second kappa shape index (κ2) is 10.0. The summed E-state index contributed by atoms with van der Waals surface area (Å²) in [7, 11) is 0. The van der Waals surface area contributed by atoms with Gasteiger partial charge in [0.05, 0.1) is 11.1 Å². The number of benzene rings is 2. The van der Waals surface area contributed by atoms with Gasteiger partial charge in [0.25, 0.3) is 0 Å². The van der Waals surface area contributed by atoms with Crippen LogP contribution < -0.4 is 5.32 Å². The predicted octanol–water partition coefficient (Wildman–Crippen LogP) is 6.24. The number of hydrogen-bond acceptors (Lipinski definition) is 7. The highest BCUT2D eigenvalue weighted by atomic mass is 32.2. The molecule has 0 bridgehead atoms. The summed E-state index contributed by atoms with van der Waals surface area (Å²) in [5, 5.41) is 14.8. The monoisotopic (exact) mass is 517 g/mol. The van der Waals surface area contributed by atoms with Gasteiger partial charge >= 0.3 is 0 Å². The Morgan fingerprint density at radius 1 is 0.943 bits per heavy atom. The summed E-state index contributed by atoms with van der Waals surface area (Å²) < 4.78 is 2.05. The number of hydrogen-bond donors (Lipinski definition) is 1. The molecule has 0 unspecified atom stereocenters. The van der Waals surface area contributed by atoms with Crippen LogP contribution >= 0.6 is 34.9 Å². The number of fused-ring (bicyclic) bond motifs is 5. The van der Waals surface area contributed by atoms with Gasteiger partial charge in [-0.25, -0.2) is 9.38 Å². The first kappa shape index (κ1) is 22.6. The number of carbonyl (C=O) groups is 1. The molecule has 0 atom stereocenters. The lowest BCUT2D eigenvalue weighted by atomic mass is 9.97. The molecule has 3 aromatic heterocycles. The minimum atomic E-state index is -0.0709. The molecule has 176 valence electrons. The van der Waals surface area contributed by atoms with Crippen molar-refractivity contribution in [3.8, 4) is 0 Å². The van der Waals surface area contributed by atoms with Crippen LogP contribution in [0, 0.1) is 0 Å². The Hall–Kier alpha value is -2.88. The summed E-state index contributed by atoms with van der Waals surface area (Å²) in [5.74, 6) is 0.979. The summed E-state index contributed by atoms with van der Waals surface area (Å²) in [5.41, 5.74) is 4.27. The van der Waals surface area contributed by atoms with Crippen molar-refractivity contribution in [1.82, 2.24) is 19.6 Å². The van der Waals surface area contributed by atoms with Crippen LogP contribution in [-0.2, 0) is 23.4 Å². The Morgan fingerprint density at radius 2 is 1.71 bits per heavy atom. The molecule has 0 saturated heterocycles. The molecule has 6 rings (SSSR count). The van der Waals surface area contributed by atoms with Gasteiger partial charge in [0.15, 0.2) is 16.0 Å². The average molecular weight is 518 g/mol. The van der Waals surface area contributed by atoms with Crippen LogP contribution in [0.4, 0.5) is 5.69 Å². The van der Waals surface area contributed by atoms with Crippen molar-refractivity contribution in [3.63, 3.8) is 0 Å². The van der Waals surface area contributed by atoms with E-state index >= 15 is 0 Å². The van der Waals surface area contributed by atoms with Crippen LogP contribution in [0.1, 0.15) is 28.8 Å². The molecule has 1 aliphatic carbocycles. The van der Waals surface area contributed by atoms with Crippen molar-refractivity contribution < 1.29 is 4.79 Å². The fourth-order valence-corrected chi connectivity index (χ4v) is 7.41. The van der Waals surface area contributed by atoms with E-state index in [0.29, 0.717) is 5.16 Å². The van der Waals surface area contributed by atoms with Crippen LogP contribution in [-0.4, -0.2) is 31.2 Å². The first-order valence-electron chi connectivity index (χ1n) is 11.6. The van der Waals surface area contributed by atoms with E-state index in [1.165, 1.54) is 40.6 Å². The highest BCUT2D eigenvalue weighted by Crippen LogP contribution is 2.40. The summed E-state index contributed by atoms with van der Waals surface area (Å²) in [6, 6.07) is 19.9. The molecule has 9 heteroatoms. The Labute approximate surface area is 215 Å². The highest BCUT2D eigenvalue weighted by Gasteiger charge is 2.24. The van der Waals surface area contributed by atoms with Gasteiger partial charge < -0.3 is 5.32 Å². The zero-order valence-electron chi connectivity index (χ0n) is 18.9. The standard InChI is InChI=1S/C26H23N5OS3/c32-21(27-18-11-5-2-6-12-18)16-34-26-30-29-23-22-19-13-7-8-14-20(19)35-24(22)28-25(31(23)26)33-15-17-9-3-1-4-10-17/h1-6,9-12H,7-8,13-16H2,(H,27,32). The molecule has 0 aliphatic heterocycles. The van der Waals surface area contributed by atoms with Gasteiger partial charge in [-0.2, -0.15) is 0 Å². The van der Waals surface area contributed by atoms with Crippen molar-refractivity contribution in [2.24, 2.45) is 0 Å². The first-order chi connectivity index (χ1) is 17.3. The van der Waals surface area contributed by atoms with E-state index in [0.717, 1.165) is 45.3 Å². The molecular formula is C26H23N5OS3. The Bertz CT molecular complexity index is 1500. The van der Waals surface area contributed by atoms with E-state index in [9.17, 15) is 4.79 Å². The van der Waals surface area contributed by atoms with Crippen LogP contribution in [0.3, 0.4) is 0 Å². The van der Waals surface area contributed by atoms with Crippen molar-refractivity contribution >= 4 is 62.3 Å². The summed E-state index contributed by atoms with van der Waals surface area (Å²) in [4.78, 5) is 20.2. The maximum atomic E-state index is 12.6. The first-order valence-corrected chi connectivity index (χ1v) is 14.4. The Kier molecular flexibility index (Phi) is 6.45. The molecule has 5 aromatic rings. The molecule has 0 radical (unpaired) electrons. The van der Waals surface area contributed by atoms with Crippen molar-refractivity contribution in [1.29, 1.82) is 0 Å². The molecule has 0 fully saturated rings. The number of aryl methyl sites for hydroxylation is 2. The maximum Gasteiger partial charge on any atom is 0.234 e. The second-order valence-electron chi connectivity index (χ2n) is 8.40. The SMILES string of the molecule is O=C(CSc1nnc2c3c4c(sc3nc(SCc3ccccc3)n12)CCCC4)Nc1ccccc1. The van der Waals surface area contributed by atoms with Crippen LogP contribution in [0.5, 0.6) is 0 Å². The summed E-state index contributed by atoms with van der Waals surface area (Å²) in [6.07, 6.45) is 4.61. The summed E-state index contributed by atoms with van der Waals surface area (Å²) >= 11 is 4.88. The largest absolute Gasteiger partial charge is 0.325 e. The Morgan fingerprint density at radius 3 is 2.54 bits per heavy atom. The van der Waals surface area contributed by atoms with Gasteiger partial charge in [-0.3, -0.25) is 4.79 Å². The zero-order valence-corrected chi connectivity index (χ0v) is 21.4. The lowest BCUT2D eigenvalue weighted by Gasteiger charge is -2.11. The lowest BCUT2D eigenvalue weighted by Crippen LogP contribution is -2.14. The predicted molar refractivity (Wildman–Crippen MR) is 145 cm³/mol. The third-order valence-electron chi connectivity index (χ3n) is 6.00. The third-order valence-corrected chi connectivity index (χ3v) is 9.12. The normalized spacial score (nSPS) is 13.3. The Balaban J connectivity index is 1.35. The van der Waals surface area contributed by atoms with Crippen molar-refractivity contribution in [2.45, 2.75) is 41.7 Å². The number of rotatable bonds is 7. The maximum absolute atomic E-state index is 12.6. The number of amides is 1. The molecule has 1 N–H and O–H groups in total. The fourth-order valence-electron chi connectivity index (χ4n) is 4.36. The minimum Gasteiger partial charge on any atom is -0.325 e.